The summed E-state index contributed by atoms with van der Waals surface area (Å²) >= 11 is 0. The van der Waals surface area contributed by atoms with Crippen LogP contribution in [0.25, 0.3) is 0 Å². The third kappa shape index (κ3) is 3.35. The van der Waals surface area contributed by atoms with E-state index in [0.29, 0.717) is 37.4 Å². The highest BCUT2D eigenvalue weighted by atomic mass is 32.2. The van der Waals surface area contributed by atoms with Crippen molar-refractivity contribution in [1.29, 1.82) is 0 Å². The van der Waals surface area contributed by atoms with Gasteiger partial charge in [0.2, 0.25) is 10.0 Å². The summed E-state index contributed by atoms with van der Waals surface area (Å²) in [5, 5.41) is 4.37. The molecule has 1 aliphatic heterocycles. The maximum absolute atomic E-state index is 12.9. The van der Waals surface area contributed by atoms with E-state index < -0.39 is 10.0 Å². The Morgan fingerprint density at radius 1 is 1.12 bits per heavy atom. The first-order valence-corrected chi connectivity index (χ1v) is 10.5. The standard InChI is InChI=1S/C18H26N4O3S/c1-4-14-6-8-16(9-7-14)26(24,25)21-12-10-15(11-13-21)17-19-20(3)18(23)22(17)5-2/h6-9,15H,4-5,10-13H2,1-3H3. The molecule has 0 amide bonds. The number of aromatic nitrogens is 3. The monoisotopic (exact) mass is 378 g/mol. The fourth-order valence-electron chi connectivity index (χ4n) is 3.52. The maximum Gasteiger partial charge on any atom is 0.345 e. The van der Waals surface area contributed by atoms with E-state index in [-0.39, 0.29) is 11.6 Å². The topological polar surface area (TPSA) is 77.2 Å². The highest BCUT2D eigenvalue weighted by Gasteiger charge is 2.32. The summed E-state index contributed by atoms with van der Waals surface area (Å²) in [6.07, 6.45) is 2.22. The molecule has 1 fully saturated rings. The molecular weight excluding hydrogens is 352 g/mol. The van der Waals surface area contributed by atoms with Crippen LogP contribution in [0.3, 0.4) is 0 Å². The fourth-order valence-corrected chi connectivity index (χ4v) is 4.99. The van der Waals surface area contributed by atoms with E-state index in [1.54, 1.807) is 28.1 Å². The predicted molar refractivity (Wildman–Crippen MR) is 99.7 cm³/mol. The summed E-state index contributed by atoms with van der Waals surface area (Å²) in [4.78, 5) is 12.4. The largest absolute Gasteiger partial charge is 0.345 e. The zero-order valence-corrected chi connectivity index (χ0v) is 16.4. The maximum atomic E-state index is 12.9. The first-order chi connectivity index (χ1) is 12.4. The second-order valence-corrected chi connectivity index (χ2v) is 8.62. The molecule has 0 aliphatic carbocycles. The molecule has 2 heterocycles. The van der Waals surface area contributed by atoms with Gasteiger partial charge in [0.05, 0.1) is 4.90 Å². The van der Waals surface area contributed by atoms with Gasteiger partial charge in [0.1, 0.15) is 5.82 Å². The quantitative estimate of drug-likeness (QED) is 0.794. The molecule has 0 spiro atoms. The third-order valence-electron chi connectivity index (χ3n) is 5.14. The van der Waals surface area contributed by atoms with E-state index in [9.17, 15) is 13.2 Å². The highest BCUT2D eigenvalue weighted by molar-refractivity contribution is 7.89. The number of rotatable bonds is 5. The minimum Gasteiger partial charge on any atom is -0.279 e. The molecule has 0 bridgehead atoms. The van der Waals surface area contributed by atoms with Crippen LogP contribution in [0.2, 0.25) is 0 Å². The Bertz CT molecular complexity index is 920. The van der Waals surface area contributed by atoms with E-state index in [4.69, 9.17) is 0 Å². The van der Waals surface area contributed by atoms with E-state index in [2.05, 4.69) is 5.10 Å². The van der Waals surface area contributed by atoms with Gasteiger partial charge in [-0.2, -0.15) is 9.40 Å². The van der Waals surface area contributed by atoms with Gasteiger partial charge in [0.15, 0.2) is 0 Å². The molecule has 0 N–H and O–H groups in total. The van der Waals surface area contributed by atoms with E-state index in [0.717, 1.165) is 17.8 Å². The van der Waals surface area contributed by atoms with Crippen LogP contribution in [0.5, 0.6) is 0 Å². The van der Waals surface area contributed by atoms with Crippen molar-refractivity contribution in [2.75, 3.05) is 13.1 Å². The van der Waals surface area contributed by atoms with E-state index in [1.165, 1.54) is 4.68 Å². The lowest BCUT2D eigenvalue weighted by Gasteiger charge is -2.30. The first-order valence-electron chi connectivity index (χ1n) is 9.11. The molecule has 1 saturated heterocycles. The Morgan fingerprint density at radius 3 is 2.27 bits per heavy atom. The summed E-state index contributed by atoms with van der Waals surface area (Å²) in [5.74, 6) is 0.877. The van der Waals surface area contributed by atoms with Crippen molar-refractivity contribution in [2.45, 2.75) is 50.5 Å². The number of nitrogens with zero attached hydrogens (tertiary/aromatic N) is 4. The molecule has 8 heteroatoms. The molecule has 0 radical (unpaired) electrons. The lowest BCUT2D eigenvalue weighted by Crippen LogP contribution is -2.38. The SMILES string of the molecule is CCc1ccc(S(=O)(=O)N2CCC(c3nn(C)c(=O)n3CC)CC2)cc1. The summed E-state index contributed by atoms with van der Waals surface area (Å²) in [6, 6.07) is 7.11. The molecule has 3 rings (SSSR count). The Labute approximate surface area is 154 Å². The van der Waals surface area contributed by atoms with Crippen LogP contribution < -0.4 is 5.69 Å². The molecule has 7 nitrogen and oxygen atoms in total. The van der Waals surface area contributed by atoms with Crippen molar-refractivity contribution in [3.05, 3.63) is 46.1 Å². The Hall–Kier alpha value is -1.93. The van der Waals surface area contributed by atoms with Gasteiger partial charge in [-0.05, 0) is 43.9 Å². The van der Waals surface area contributed by atoms with Crippen LogP contribution in [0.1, 0.15) is 44.0 Å². The zero-order valence-electron chi connectivity index (χ0n) is 15.6. The lowest BCUT2D eigenvalue weighted by molar-refractivity contribution is 0.309. The number of hydrogen-bond acceptors (Lipinski definition) is 4. The Kier molecular flexibility index (Phi) is 5.34. The normalized spacial score (nSPS) is 16.9. The minimum absolute atomic E-state index is 0.109. The van der Waals surface area contributed by atoms with Crippen molar-refractivity contribution >= 4 is 10.0 Å². The van der Waals surface area contributed by atoms with Crippen molar-refractivity contribution in [2.24, 2.45) is 7.05 Å². The van der Waals surface area contributed by atoms with Crippen molar-refractivity contribution in [3.8, 4) is 0 Å². The van der Waals surface area contributed by atoms with Crippen molar-refractivity contribution in [3.63, 3.8) is 0 Å². The number of sulfonamides is 1. The van der Waals surface area contributed by atoms with Crippen molar-refractivity contribution in [1.82, 2.24) is 18.7 Å². The summed E-state index contributed by atoms with van der Waals surface area (Å²) < 4.78 is 30.3. The second-order valence-electron chi connectivity index (χ2n) is 6.68. The van der Waals surface area contributed by atoms with Gasteiger partial charge in [-0.15, -0.1) is 0 Å². The van der Waals surface area contributed by atoms with Crippen LogP contribution in [-0.2, 0) is 30.0 Å². The van der Waals surface area contributed by atoms with E-state index in [1.807, 2.05) is 26.0 Å². The van der Waals surface area contributed by atoms with Gasteiger partial charge < -0.3 is 0 Å². The van der Waals surface area contributed by atoms with Crippen LogP contribution in [0.4, 0.5) is 0 Å². The summed E-state index contributed by atoms with van der Waals surface area (Å²) in [7, 11) is -1.82. The molecule has 1 aromatic carbocycles. The average Bonchev–Trinajstić information content (AvgIpc) is 2.96. The Morgan fingerprint density at radius 2 is 1.73 bits per heavy atom. The fraction of sp³-hybridized carbons (Fsp3) is 0.556. The molecule has 26 heavy (non-hydrogen) atoms. The van der Waals surface area contributed by atoms with Gasteiger partial charge in [-0.1, -0.05) is 19.1 Å². The smallest absolute Gasteiger partial charge is 0.279 e. The lowest BCUT2D eigenvalue weighted by atomic mass is 9.97. The average molecular weight is 378 g/mol. The van der Waals surface area contributed by atoms with Crippen LogP contribution in [0.15, 0.2) is 34.0 Å². The third-order valence-corrected chi connectivity index (χ3v) is 7.05. The highest BCUT2D eigenvalue weighted by Crippen LogP contribution is 2.29. The molecular formula is C18H26N4O3S. The van der Waals surface area contributed by atoms with Gasteiger partial charge in [-0.25, -0.2) is 17.9 Å². The Balaban J connectivity index is 1.75. The molecule has 0 saturated carbocycles. The molecule has 142 valence electrons. The minimum atomic E-state index is -3.47. The number of benzene rings is 1. The zero-order chi connectivity index (χ0) is 18.9. The van der Waals surface area contributed by atoms with Gasteiger partial charge in [0.25, 0.3) is 0 Å². The molecule has 0 atom stereocenters. The van der Waals surface area contributed by atoms with Crippen molar-refractivity contribution < 1.29 is 8.42 Å². The van der Waals surface area contributed by atoms with Gasteiger partial charge in [0, 0.05) is 32.6 Å². The number of hydrogen-bond donors (Lipinski definition) is 0. The summed E-state index contributed by atoms with van der Waals surface area (Å²) in [5.41, 5.74) is 1.00. The molecule has 0 unspecified atom stereocenters. The van der Waals surface area contributed by atoms with Gasteiger partial charge >= 0.3 is 5.69 Å². The molecule has 2 aromatic rings. The van der Waals surface area contributed by atoms with E-state index >= 15 is 0 Å². The predicted octanol–water partition coefficient (Wildman–Crippen LogP) is 1.73. The van der Waals surface area contributed by atoms with Crippen LogP contribution in [-0.4, -0.2) is 40.2 Å². The molecule has 1 aromatic heterocycles. The number of aryl methyl sites for hydroxylation is 2. The first kappa shape index (κ1) is 18.8. The number of piperidine rings is 1. The van der Waals surface area contributed by atoms with Gasteiger partial charge in [-0.3, -0.25) is 4.57 Å². The second kappa shape index (κ2) is 7.36. The van der Waals surface area contributed by atoms with Crippen LogP contribution >= 0.6 is 0 Å². The molecule has 1 aliphatic rings. The van der Waals surface area contributed by atoms with Crippen LogP contribution in [0, 0.1) is 0 Å². The summed E-state index contributed by atoms with van der Waals surface area (Å²) in [6.45, 7) is 5.42.